The van der Waals surface area contributed by atoms with Crippen LogP contribution < -0.4 is 19.7 Å². The highest BCUT2D eigenvalue weighted by molar-refractivity contribution is 6.32. The molecule has 170 valence electrons. The number of anilines is 1. The first-order chi connectivity index (χ1) is 16.1. The van der Waals surface area contributed by atoms with Crippen LogP contribution >= 0.6 is 11.6 Å². The molecular formula is C25H26ClN5O2. The van der Waals surface area contributed by atoms with Gasteiger partial charge in [-0.25, -0.2) is 4.98 Å². The van der Waals surface area contributed by atoms with Crippen molar-refractivity contribution in [2.45, 2.75) is 19.0 Å². The Hall–Kier alpha value is -3.29. The van der Waals surface area contributed by atoms with Gasteiger partial charge in [-0.15, -0.1) is 0 Å². The van der Waals surface area contributed by atoms with Crippen molar-refractivity contribution in [2.24, 2.45) is 0 Å². The molecule has 1 N–H and O–H groups in total. The number of imidazole rings is 1. The van der Waals surface area contributed by atoms with Crippen LogP contribution in [0.15, 0.2) is 61.2 Å². The minimum absolute atomic E-state index is 0.454. The second-order valence-corrected chi connectivity index (χ2v) is 8.54. The predicted octanol–water partition coefficient (Wildman–Crippen LogP) is 4.44. The van der Waals surface area contributed by atoms with Gasteiger partial charge in [-0.05, 0) is 36.2 Å². The van der Waals surface area contributed by atoms with E-state index in [9.17, 15) is 0 Å². The number of hydrogen-bond acceptors (Lipinski definition) is 6. The summed E-state index contributed by atoms with van der Waals surface area (Å²) in [6.45, 7) is 2.84. The zero-order valence-electron chi connectivity index (χ0n) is 18.7. The number of methoxy groups -OCH3 is 2. The first-order valence-electron chi connectivity index (χ1n) is 10.9. The molecular weight excluding hydrogens is 438 g/mol. The lowest BCUT2D eigenvalue weighted by Crippen LogP contribution is -2.32. The summed E-state index contributed by atoms with van der Waals surface area (Å²) in [7, 11) is 3.22. The van der Waals surface area contributed by atoms with Crippen LogP contribution in [0.2, 0.25) is 5.02 Å². The van der Waals surface area contributed by atoms with E-state index in [0.29, 0.717) is 22.6 Å². The van der Waals surface area contributed by atoms with E-state index in [1.54, 1.807) is 20.3 Å². The first kappa shape index (κ1) is 21.6. The molecule has 5 rings (SSSR count). The van der Waals surface area contributed by atoms with E-state index in [0.717, 1.165) is 43.0 Å². The number of rotatable bonds is 7. The normalized spacial score (nSPS) is 15.8. The quantitative estimate of drug-likeness (QED) is 0.437. The molecule has 3 aromatic heterocycles. The molecule has 8 heteroatoms. The Kier molecular flexibility index (Phi) is 6.07. The summed E-state index contributed by atoms with van der Waals surface area (Å²) in [6, 6.07) is 12.4. The highest BCUT2D eigenvalue weighted by atomic mass is 35.5. The fraction of sp³-hybridized carbons (Fsp3) is 0.280. The molecule has 1 aliphatic heterocycles. The number of halogens is 1. The summed E-state index contributed by atoms with van der Waals surface area (Å²) in [5.74, 6) is 1.24. The van der Waals surface area contributed by atoms with Crippen molar-refractivity contribution in [3.63, 3.8) is 0 Å². The average molecular weight is 464 g/mol. The fourth-order valence-electron chi connectivity index (χ4n) is 4.28. The molecule has 0 bridgehead atoms. The molecule has 0 amide bonds. The lowest BCUT2D eigenvalue weighted by Gasteiger charge is -2.19. The van der Waals surface area contributed by atoms with Crippen LogP contribution in [-0.2, 0) is 6.54 Å². The maximum Gasteiger partial charge on any atom is 0.141 e. The summed E-state index contributed by atoms with van der Waals surface area (Å²) in [5, 5.41) is 4.18. The van der Waals surface area contributed by atoms with Crippen molar-refractivity contribution in [1.29, 1.82) is 0 Å². The van der Waals surface area contributed by atoms with E-state index in [2.05, 4.69) is 45.7 Å². The smallest absolute Gasteiger partial charge is 0.141 e. The number of aromatic nitrogens is 3. The van der Waals surface area contributed by atoms with E-state index >= 15 is 0 Å². The van der Waals surface area contributed by atoms with Gasteiger partial charge in [-0.3, -0.25) is 4.98 Å². The summed E-state index contributed by atoms with van der Waals surface area (Å²) in [4.78, 5) is 11.3. The molecule has 1 aromatic carbocycles. The maximum atomic E-state index is 6.37. The number of hydrogen-bond donors (Lipinski definition) is 1. The number of pyridine rings is 2. The summed E-state index contributed by atoms with van der Waals surface area (Å²) >= 11 is 6.37. The van der Waals surface area contributed by atoms with Crippen LogP contribution in [-0.4, -0.2) is 47.7 Å². The standard InChI is InChI=1S/C25H26ClN5O2/c1-32-23-13-24(33-2)21(26)12-20(23)22-16-31-10-6-19(11-25(31)29-22)30-9-5-18(15-30)28-14-17-3-7-27-8-4-17/h3-4,6-8,10-13,16,18,28H,5,9,14-15H2,1-2H3. The SMILES string of the molecule is COc1cc(OC)c(-c2cn3ccc(N4CCC(NCc5ccncc5)C4)cc3n2)cc1Cl. The highest BCUT2D eigenvalue weighted by Crippen LogP contribution is 2.38. The van der Waals surface area contributed by atoms with Crippen molar-refractivity contribution < 1.29 is 9.47 Å². The molecule has 33 heavy (non-hydrogen) atoms. The van der Waals surface area contributed by atoms with Gasteiger partial charge in [-0.2, -0.15) is 0 Å². The second-order valence-electron chi connectivity index (χ2n) is 8.13. The third kappa shape index (κ3) is 4.47. The average Bonchev–Trinajstić information content (AvgIpc) is 3.50. The lowest BCUT2D eigenvalue weighted by atomic mass is 10.1. The van der Waals surface area contributed by atoms with Crippen LogP contribution in [0.25, 0.3) is 16.9 Å². The molecule has 0 radical (unpaired) electrons. The van der Waals surface area contributed by atoms with Crippen molar-refractivity contribution >= 4 is 22.9 Å². The van der Waals surface area contributed by atoms with Gasteiger partial charge in [0.2, 0.25) is 0 Å². The number of fused-ring (bicyclic) bond motifs is 1. The maximum absolute atomic E-state index is 6.37. The predicted molar refractivity (Wildman–Crippen MR) is 130 cm³/mol. The van der Waals surface area contributed by atoms with Crippen LogP contribution in [0.4, 0.5) is 5.69 Å². The van der Waals surface area contributed by atoms with Gasteiger partial charge >= 0.3 is 0 Å². The number of ether oxygens (including phenoxy) is 2. The van der Waals surface area contributed by atoms with Gasteiger partial charge in [0.25, 0.3) is 0 Å². The zero-order valence-corrected chi connectivity index (χ0v) is 19.4. The molecule has 7 nitrogen and oxygen atoms in total. The van der Waals surface area contributed by atoms with Gasteiger partial charge in [0.15, 0.2) is 0 Å². The van der Waals surface area contributed by atoms with Crippen LogP contribution in [0.3, 0.4) is 0 Å². The topological polar surface area (TPSA) is 63.9 Å². The monoisotopic (exact) mass is 463 g/mol. The Morgan fingerprint density at radius 3 is 2.70 bits per heavy atom. The summed E-state index contributed by atoms with van der Waals surface area (Å²) in [5.41, 5.74) is 4.93. The van der Waals surface area contributed by atoms with Gasteiger partial charge in [-0.1, -0.05) is 11.6 Å². The van der Waals surface area contributed by atoms with E-state index in [-0.39, 0.29) is 0 Å². The Morgan fingerprint density at radius 1 is 1.09 bits per heavy atom. The van der Waals surface area contributed by atoms with Crippen molar-refractivity contribution in [3.05, 3.63) is 71.8 Å². The van der Waals surface area contributed by atoms with Crippen LogP contribution in [0.5, 0.6) is 11.5 Å². The molecule has 1 saturated heterocycles. The van der Waals surface area contributed by atoms with Gasteiger partial charge in [0.05, 0.1) is 24.9 Å². The Morgan fingerprint density at radius 2 is 1.91 bits per heavy atom. The molecule has 0 aliphatic carbocycles. The molecule has 1 unspecified atom stereocenters. The van der Waals surface area contributed by atoms with Crippen LogP contribution in [0, 0.1) is 0 Å². The third-order valence-corrected chi connectivity index (χ3v) is 6.39. The van der Waals surface area contributed by atoms with E-state index in [4.69, 9.17) is 26.1 Å². The van der Waals surface area contributed by atoms with Crippen molar-refractivity contribution in [3.8, 4) is 22.8 Å². The Balaban J connectivity index is 1.33. The number of nitrogens with one attached hydrogen (secondary N) is 1. The van der Waals surface area contributed by atoms with E-state index in [1.807, 2.05) is 29.1 Å². The first-order valence-corrected chi connectivity index (χ1v) is 11.3. The van der Waals surface area contributed by atoms with Crippen LogP contribution in [0.1, 0.15) is 12.0 Å². The van der Waals surface area contributed by atoms with Gasteiger partial charge < -0.3 is 24.1 Å². The molecule has 1 atom stereocenters. The minimum atomic E-state index is 0.454. The molecule has 1 fully saturated rings. The highest BCUT2D eigenvalue weighted by Gasteiger charge is 2.23. The van der Waals surface area contributed by atoms with E-state index < -0.39 is 0 Å². The van der Waals surface area contributed by atoms with Crippen molar-refractivity contribution in [1.82, 2.24) is 19.7 Å². The third-order valence-electron chi connectivity index (χ3n) is 6.09. The zero-order chi connectivity index (χ0) is 22.8. The van der Waals surface area contributed by atoms with E-state index in [1.165, 1.54) is 11.3 Å². The molecule has 4 aromatic rings. The summed E-state index contributed by atoms with van der Waals surface area (Å²) in [6.07, 6.45) is 8.82. The lowest BCUT2D eigenvalue weighted by molar-refractivity contribution is 0.395. The number of nitrogens with zero attached hydrogens (tertiary/aromatic N) is 4. The fourth-order valence-corrected chi connectivity index (χ4v) is 4.52. The molecule has 0 saturated carbocycles. The molecule has 4 heterocycles. The molecule has 0 spiro atoms. The Bertz CT molecular complexity index is 1260. The summed E-state index contributed by atoms with van der Waals surface area (Å²) < 4.78 is 12.9. The number of benzene rings is 1. The Labute approximate surface area is 197 Å². The van der Waals surface area contributed by atoms with Crippen molar-refractivity contribution in [2.75, 3.05) is 32.2 Å². The van der Waals surface area contributed by atoms with Gasteiger partial charge in [0.1, 0.15) is 17.1 Å². The minimum Gasteiger partial charge on any atom is -0.496 e. The second kappa shape index (κ2) is 9.29. The molecule has 1 aliphatic rings. The van der Waals surface area contributed by atoms with Gasteiger partial charge in [0, 0.05) is 73.8 Å². The largest absolute Gasteiger partial charge is 0.496 e.